The molecule has 0 saturated carbocycles. The first kappa shape index (κ1) is 23.1. The van der Waals surface area contributed by atoms with E-state index in [1.165, 1.54) is 0 Å². The lowest BCUT2D eigenvalue weighted by atomic mass is 10.1. The minimum atomic E-state index is -0.381. The molecule has 1 saturated heterocycles. The molecule has 1 aromatic rings. The Morgan fingerprint density at radius 1 is 1.29 bits per heavy atom. The number of hydrogen-bond donors (Lipinski definition) is 2. The van der Waals surface area contributed by atoms with Crippen LogP contribution in [0.5, 0.6) is 0 Å². The monoisotopic (exact) mass is 381 g/mol. The summed E-state index contributed by atoms with van der Waals surface area (Å²) in [6, 6.07) is -0.0367. The molecule has 0 aromatic carbocycles. The molecule has 0 radical (unpaired) electrons. The summed E-state index contributed by atoms with van der Waals surface area (Å²) in [4.78, 5) is 14.9. The zero-order valence-electron chi connectivity index (χ0n) is 14.7. The van der Waals surface area contributed by atoms with Crippen LogP contribution in [0.3, 0.4) is 0 Å². The highest BCUT2D eigenvalue weighted by Crippen LogP contribution is 2.13. The fourth-order valence-electron chi connectivity index (χ4n) is 2.77. The molecule has 0 bridgehead atoms. The van der Waals surface area contributed by atoms with Crippen LogP contribution in [0.1, 0.15) is 25.5 Å². The first-order valence-corrected chi connectivity index (χ1v) is 7.81. The number of nitrogens with zero attached hydrogens (tertiary/aromatic N) is 3. The number of aryl methyl sites for hydroxylation is 1. The van der Waals surface area contributed by atoms with E-state index in [-0.39, 0.29) is 48.8 Å². The molecule has 1 aromatic heterocycles. The quantitative estimate of drug-likeness (QED) is 0.760. The van der Waals surface area contributed by atoms with E-state index in [1.54, 1.807) is 17.9 Å². The minimum absolute atomic E-state index is 0. The van der Waals surface area contributed by atoms with Crippen molar-refractivity contribution in [2.24, 2.45) is 7.05 Å². The molecule has 1 aliphatic rings. The maximum absolute atomic E-state index is 12.5. The highest BCUT2D eigenvalue weighted by molar-refractivity contribution is 5.85. The molecule has 9 heteroatoms. The van der Waals surface area contributed by atoms with Crippen LogP contribution in [0, 0.1) is 0 Å². The second-order valence-electron chi connectivity index (χ2n) is 5.86. The van der Waals surface area contributed by atoms with Crippen molar-refractivity contribution in [2.75, 3.05) is 33.4 Å². The van der Waals surface area contributed by atoms with Crippen LogP contribution in [0.15, 0.2) is 12.4 Å². The van der Waals surface area contributed by atoms with E-state index in [0.29, 0.717) is 0 Å². The van der Waals surface area contributed by atoms with Gasteiger partial charge in [0.2, 0.25) is 5.91 Å². The maximum Gasteiger partial charge on any atom is 0.242 e. The number of hydrogen-bond acceptors (Lipinski definition) is 5. The highest BCUT2D eigenvalue weighted by atomic mass is 35.5. The lowest BCUT2D eigenvalue weighted by molar-refractivity contribution is -0.124. The molecule has 2 N–H and O–H groups in total. The third kappa shape index (κ3) is 5.89. The van der Waals surface area contributed by atoms with Gasteiger partial charge in [0, 0.05) is 44.0 Å². The van der Waals surface area contributed by atoms with E-state index < -0.39 is 0 Å². The van der Waals surface area contributed by atoms with Crippen LogP contribution < -0.4 is 10.6 Å². The van der Waals surface area contributed by atoms with Crippen LogP contribution in [-0.2, 0) is 16.6 Å². The molecular formula is C15H29Cl2N5O2. The predicted octanol–water partition coefficient (Wildman–Crippen LogP) is 0.750. The summed E-state index contributed by atoms with van der Waals surface area (Å²) in [5.41, 5.74) is 0.869. The molecule has 3 unspecified atom stereocenters. The van der Waals surface area contributed by atoms with E-state index in [0.717, 1.165) is 31.9 Å². The van der Waals surface area contributed by atoms with Crippen molar-refractivity contribution in [3.63, 3.8) is 0 Å². The second-order valence-corrected chi connectivity index (χ2v) is 5.86. The Kier molecular flexibility index (Phi) is 10.5. The molecule has 1 aliphatic heterocycles. The molecule has 7 nitrogen and oxygen atoms in total. The Balaban J connectivity index is 0.00000264. The third-order valence-corrected chi connectivity index (χ3v) is 4.32. The Morgan fingerprint density at radius 2 is 1.92 bits per heavy atom. The number of nitrogens with one attached hydrogen (secondary N) is 2. The van der Waals surface area contributed by atoms with Gasteiger partial charge in [-0.2, -0.15) is 5.10 Å². The second kappa shape index (κ2) is 10.9. The van der Waals surface area contributed by atoms with Gasteiger partial charge in [0.15, 0.2) is 0 Å². The van der Waals surface area contributed by atoms with Crippen LogP contribution in [0.2, 0.25) is 0 Å². The van der Waals surface area contributed by atoms with Gasteiger partial charge < -0.3 is 15.4 Å². The smallest absolute Gasteiger partial charge is 0.242 e. The standard InChI is InChI=1S/C15H27N5O2.2ClH/c1-11(12(2)20-5-7-22-8-6-20)18-15(21)14(16-3)13-9-17-19(4)10-13;;/h9-12,14,16H,5-8H2,1-4H3,(H,18,21);2*1H. The van der Waals surface area contributed by atoms with Crippen LogP contribution in [0.25, 0.3) is 0 Å². The fourth-order valence-corrected chi connectivity index (χ4v) is 2.77. The highest BCUT2D eigenvalue weighted by Gasteiger charge is 2.26. The normalized spacial score (nSPS) is 18.7. The van der Waals surface area contributed by atoms with Gasteiger partial charge in [-0.05, 0) is 20.9 Å². The van der Waals surface area contributed by atoms with Crippen LogP contribution in [0.4, 0.5) is 0 Å². The molecule has 2 heterocycles. The van der Waals surface area contributed by atoms with Gasteiger partial charge in [0.05, 0.1) is 19.4 Å². The maximum atomic E-state index is 12.5. The number of morpholine rings is 1. The van der Waals surface area contributed by atoms with Crippen molar-refractivity contribution < 1.29 is 9.53 Å². The first-order valence-electron chi connectivity index (χ1n) is 7.81. The molecular weight excluding hydrogens is 353 g/mol. The Hall–Kier alpha value is -0.860. The molecule has 140 valence electrons. The summed E-state index contributed by atoms with van der Waals surface area (Å²) in [5.74, 6) is -0.0249. The number of likely N-dealkylation sites (N-methyl/N-ethyl adjacent to an activating group) is 1. The number of aromatic nitrogens is 2. The summed E-state index contributed by atoms with van der Waals surface area (Å²) in [7, 11) is 3.63. The van der Waals surface area contributed by atoms with Gasteiger partial charge in [0.25, 0.3) is 0 Å². The molecule has 1 fully saturated rings. The first-order chi connectivity index (χ1) is 10.5. The molecule has 3 atom stereocenters. The zero-order valence-corrected chi connectivity index (χ0v) is 16.3. The van der Waals surface area contributed by atoms with Gasteiger partial charge in [-0.1, -0.05) is 0 Å². The van der Waals surface area contributed by atoms with Crippen LogP contribution >= 0.6 is 24.8 Å². The summed E-state index contributed by atoms with van der Waals surface area (Å²) in [6.07, 6.45) is 3.58. The number of carbonyl (C=O) groups is 1. The summed E-state index contributed by atoms with van der Waals surface area (Å²) in [6.45, 7) is 7.56. The van der Waals surface area contributed by atoms with Crippen molar-refractivity contribution in [3.05, 3.63) is 18.0 Å². The van der Waals surface area contributed by atoms with Gasteiger partial charge in [0.1, 0.15) is 6.04 Å². The van der Waals surface area contributed by atoms with Crippen LogP contribution in [-0.4, -0.2) is 66.0 Å². The van der Waals surface area contributed by atoms with Gasteiger partial charge in [-0.15, -0.1) is 24.8 Å². The van der Waals surface area contributed by atoms with Gasteiger partial charge >= 0.3 is 0 Å². The SMILES string of the molecule is CNC(C(=O)NC(C)C(C)N1CCOCC1)c1cnn(C)c1.Cl.Cl. The number of rotatable bonds is 6. The van der Waals surface area contributed by atoms with Crippen molar-refractivity contribution in [1.82, 2.24) is 25.3 Å². The fraction of sp³-hybridized carbons (Fsp3) is 0.733. The molecule has 0 aliphatic carbocycles. The lowest BCUT2D eigenvalue weighted by Crippen LogP contribution is -2.53. The number of carbonyl (C=O) groups excluding carboxylic acids is 1. The third-order valence-electron chi connectivity index (χ3n) is 4.32. The van der Waals surface area contributed by atoms with E-state index in [9.17, 15) is 4.79 Å². The van der Waals surface area contributed by atoms with E-state index in [2.05, 4.69) is 27.6 Å². The van der Waals surface area contributed by atoms with Gasteiger partial charge in [-0.3, -0.25) is 14.4 Å². The zero-order chi connectivity index (χ0) is 16.1. The van der Waals surface area contributed by atoms with Crippen molar-refractivity contribution in [3.8, 4) is 0 Å². The van der Waals surface area contributed by atoms with Crippen molar-refractivity contribution in [2.45, 2.75) is 32.0 Å². The average molecular weight is 382 g/mol. The van der Waals surface area contributed by atoms with E-state index in [4.69, 9.17) is 4.74 Å². The predicted molar refractivity (Wildman–Crippen MR) is 99.0 cm³/mol. The lowest BCUT2D eigenvalue weighted by Gasteiger charge is -2.36. The number of halogens is 2. The Labute approximate surface area is 156 Å². The number of amides is 1. The molecule has 0 spiro atoms. The van der Waals surface area contributed by atoms with E-state index >= 15 is 0 Å². The van der Waals surface area contributed by atoms with Crippen molar-refractivity contribution >= 4 is 30.7 Å². The molecule has 1 amide bonds. The summed E-state index contributed by atoms with van der Waals surface area (Å²) < 4.78 is 7.08. The van der Waals surface area contributed by atoms with Gasteiger partial charge in [-0.25, -0.2) is 0 Å². The summed E-state index contributed by atoms with van der Waals surface area (Å²) >= 11 is 0. The molecule has 2 rings (SSSR count). The Bertz CT molecular complexity index is 494. The summed E-state index contributed by atoms with van der Waals surface area (Å²) in [5, 5.41) is 10.3. The number of ether oxygens (including phenoxy) is 1. The Morgan fingerprint density at radius 3 is 2.42 bits per heavy atom. The van der Waals surface area contributed by atoms with E-state index in [1.807, 2.05) is 20.2 Å². The minimum Gasteiger partial charge on any atom is -0.379 e. The van der Waals surface area contributed by atoms with Crippen molar-refractivity contribution in [1.29, 1.82) is 0 Å². The topological polar surface area (TPSA) is 71.4 Å². The average Bonchev–Trinajstić information content (AvgIpc) is 2.94. The largest absolute Gasteiger partial charge is 0.379 e. The molecule has 24 heavy (non-hydrogen) atoms.